The van der Waals surface area contributed by atoms with Crippen LogP contribution in [-0.2, 0) is 4.74 Å². The van der Waals surface area contributed by atoms with Crippen LogP contribution in [0.25, 0.3) is 0 Å². The Balaban J connectivity index is 2.19. The maximum atomic E-state index is 13.9. The van der Waals surface area contributed by atoms with Crippen molar-refractivity contribution in [2.75, 3.05) is 18.6 Å². The highest BCUT2D eigenvalue weighted by Crippen LogP contribution is 2.28. The van der Waals surface area contributed by atoms with E-state index in [1.54, 1.807) is 19.2 Å². The fraction of sp³-hybridized carbons (Fsp3) is 0.500. The summed E-state index contributed by atoms with van der Waals surface area (Å²) < 4.78 is 19.3. The molecule has 1 heterocycles. The van der Waals surface area contributed by atoms with Crippen molar-refractivity contribution in [3.8, 4) is 0 Å². The predicted molar refractivity (Wildman–Crippen MR) is 68.6 cm³/mol. The van der Waals surface area contributed by atoms with Crippen LogP contribution in [0.1, 0.15) is 30.1 Å². The highest BCUT2D eigenvalue weighted by molar-refractivity contribution is 5.76. The van der Waals surface area contributed by atoms with Gasteiger partial charge in [-0.1, -0.05) is 0 Å². The summed E-state index contributed by atoms with van der Waals surface area (Å²) in [6.45, 7) is 2.84. The molecule has 0 spiro atoms. The van der Waals surface area contributed by atoms with Gasteiger partial charge in [-0.25, -0.2) is 4.39 Å². The van der Waals surface area contributed by atoms with Gasteiger partial charge >= 0.3 is 0 Å². The minimum atomic E-state index is -0.331. The van der Waals surface area contributed by atoms with Crippen molar-refractivity contribution in [1.29, 1.82) is 0 Å². The first-order chi connectivity index (χ1) is 8.65. The fourth-order valence-corrected chi connectivity index (χ4v) is 2.53. The van der Waals surface area contributed by atoms with Crippen LogP contribution in [0.4, 0.5) is 10.1 Å². The highest BCUT2D eigenvalue weighted by atomic mass is 19.1. The normalized spacial score (nSPS) is 24.1. The molecule has 2 atom stereocenters. The van der Waals surface area contributed by atoms with E-state index in [9.17, 15) is 9.18 Å². The Labute approximate surface area is 107 Å². The summed E-state index contributed by atoms with van der Waals surface area (Å²) in [5.41, 5.74) is 0.943. The number of aldehydes is 1. The van der Waals surface area contributed by atoms with E-state index in [-0.39, 0.29) is 18.0 Å². The first-order valence-electron chi connectivity index (χ1n) is 6.20. The van der Waals surface area contributed by atoms with E-state index in [2.05, 4.69) is 6.92 Å². The third-order valence-electron chi connectivity index (χ3n) is 3.58. The van der Waals surface area contributed by atoms with Gasteiger partial charge in [-0.15, -0.1) is 0 Å². The van der Waals surface area contributed by atoms with Gasteiger partial charge in [0.1, 0.15) is 12.1 Å². The number of benzene rings is 1. The zero-order valence-electron chi connectivity index (χ0n) is 10.7. The zero-order chi connectivity index (χ0) is 13.1. The molecule has 1 aromatic rings. The molecule has 1 aliphatic rings. The number of hydrogen-bond acceptors (Lipinski definition) is 3. The Bertz CT molecular complexity index is 436. The molecular weight excluding hydrogens is 233 g/mol. The molecule has 0 bridgehead atoms. The number of carbonyl (C=O) groups excluding carboxylic acids is 1. The van der Waals surface area contributed by atoms with Crippen molar-refractivity contribution in [2.24, 2.45) is 0 Å². The summed E-state index contributed by atoms with van der Waals surface area (Å²) in [7, 11) is 1.71. The Kier molecular flexibility index (Phi) is 3.97. The van der Waals surface area contributed by atoms with Crippen molar-refractivity contribution in [3.05, 3.63) is 29.6 Å². The Morgan fingerprint density at radius 1 is 1.50 bits per heavy atom. The number of nitrogens with zero attached hydrogens (tertiary/aromatic N) is 1. The van der Waals surface area contributed by atoms with Crippen molar-refractivity contribution in [3.63, 3.8) is 0 Å². The van der Waals surface area contributed by atoms with E-state index in [1.165, 1.54) is 6.07 Å². The SMILES string of the molecule is COC1CCN(c2ccc(C=O)cc2F)C(C)C1. The predicted octanol–water partition coefficient (Wildman–Crippen LogP) is 2.64. The second kappa shape index (κ2) is 5.48. The second-order valence-electron chi connectivity index (χ2n) is 4.75. The lowest BCUT2D eigenvalue weighted by atomic mass is 9.99. The zero-order valence-corrected chi connectivity index (χ0v) is 10.7. The minimum Gasteiger partial charge on any atom is -0.381 e. The van der Waals surface area contributed by atoms with Gasteiger partial charge in [0.05, 0.1) is 11.8 Å². The molecule has 0 radical (unpaired) electrons. The van der Waals surface area contributed by atoms with Crippen LogP contribution < -0.4 is 4.90 Å². The molecule has 0 saturated carbocycles. The third kappa shape index (κ3) is 2.53. The van der Waals surface area contributed by atoms with Gasteiger partial charge in [-0.2, -0.15) is 0 Å². The van der Waals surface area contributed by atoms with Gasteiger partial charge in [-0.3, -0.25) is 4.79 Å². The standard InChI is InChI=1S/C14H18FNO2/c1-10-7-12(18-2)5-6-16(10)14-4-3-11(9-17)8-13(14)15/h3-4,8-10,12H,5-7H2,1-2H3. The van der Waals surface area contributed by atoms with Crippen LogP contribution in [0.2, 0.25) is 0 Å². The van der Waals surface area contributed by atoms with Crippen LogP contribution in [0.3, 0.4) is 0 Å². The number of anilines is 1. The average Bonchev–Trinajstić information content (AvgIpc) is 2.39. The summed E-state index contributed by atoms with van der Waals surface area (Å²) in [5.74, 6) is -0.331. The number of ether oxygens (including phenoxy) is 1. The summed E-state index contributed by atoms with van der Waals surface area (Å²) in [6, 6.07) is 4.86. The van der Waals surface area contributed by atoms with E-state index >= 15 is 0 Å². The van der Waals surface area contributed by atoms with E-state index in [4.69, 9.17) is 4.74 Å². The van der Waals surface area contributed by atoms with Gasteiger partial charge in [0.25, 0.3) is 0 Å². The summed E-state index contributed by atoms with van der Waals surface area (Å²) in [6.07, 6.45) is 2.71. The lowest BCUT2D eigenvalue weighted by molar-refractivity contribution is 0.0719. The number of rotatable bonds is 3. The first-order valence-corrected chi connectivity index (χ1v) is 6.20. The number of halogens is 1. The highest BCUT2D eigenvalue weighted by Gasteiger charge is 2.26. The molecular formula is C14H18FNO2. The molecule has 0 aromatic heterocycles. The number of carbonyl (C=O) groups is 1. The Morgan fingerprint density at radius 2 is 2.28 bits per heavy atom. The topological polar surface area (TPSA) is 29.5 Å². The van der Waals surface area contributed by atoms with E-state index < -0.39 is 0 Å². The van der Waals surface area contributed by atoms with Gasteiger partial charge in [0.15, 0.2) is 0 Å². The Morgan fingerprint density at radius 3 is 2.83 bits per heavy atom. The molecule has 1 saturated heterocycles. The van der Waals surface area contributed by atoms with Crippen molar-refractivity contribution < 1.29 is 13.9 Å². The molecule has 3 nitrogen and oxygen atoms in total. The molecule has 18 heavy (non-hydrogen) atoms. The summed E-state index contributed by atoms with van der Waals surface area (Å²) >= 11 is 0. The quantitative estimate of drug-likeness (QED) is 0.773. The van der Waals surface area contributed by atoms with Crippen LogP contribution >= 0.6 is 0 Å². The first kappa shape index (κ1) is 13.0. The maximum absolute atomic E-state index is 13.9. The molecule has 0 N–H and O–H groups in total. The number of hydrogen-bond donors (Lipinski definition) is 0. The molecule has 98 valence electrons. The van der Waals surface area contributed by atoms with E-state index in [0.29, 0.717) is 17.5 Å². The van der Waals surface area contributed by atoms with Crippen LogP contribution in [0.15, 0.2) is 18.2 Å². The molecule has 2 rings (SSSR count). The van der Waals surface area contributed by atoms with Crippen LogP contribution in [-0.4, -0.2) is 32.1 Å². The minimum absolute atomic E-state index is 0.236. The van der Waals surface area contributed by atoms with Gasteiger partial charge < -0.3 is 9.64 Å². The van der Waals surface area contributed by atoms with Crippen LogP contribution in [0, 0.1) is 5.82 Å². The molecule has 4 heteroatoms. The lowest BCUT2D eigenvalue weighted by Crippen LogP contribution is -2.43. The van der Waals surface area contributed by atoms with Gasteiger partial charge in [0, 0.05) is 25.3 Å². The van der Waals surface area contributed by atoms with Gasteiger partial charge in [0.2, 0.25) is 0 Å². The number of piperidine rings is 1. The average molecular weight is 251 g/mol. The smallest absolute Gasteiger partial charge is 0.150 e. The monoisotopic (exact) mass is 251 g/mol. The maximum Gasteiger partial charge on any atom is 0.150 e. The summed E-state index contributed by atoms with van der Waals surface area (Å²) in [4.78, 5) is 12.6. The van der Waals surface area contributed by atoms with E-state index in [1.807, 2.05) is 4.90 Å². The Hall–Kier alpha value is -1.42. The molecule has 1 aromatic carbocycles. The van der Waals surface area contributed by atoms with Crippen molar-refractivity contribution in [1.82, 2.24) is 0 Å². The van der Waals surface area contributed by atoms with Crippen molar-refractivity contribution in [2.45, 2.75) is 31.9 Å². The van der Waals surface area contributed by atoms with Gasteiger partial charge in [-0.05, 0) is 38.0 Å². The fourth-order valence-electron chi connectivity index (χ4n) is 2.53. The largest absolute Gasteiger partial charge is 0.381 e. The molecule has 1 fully saturated rings. The third-order valence-corrected chi connectivity index (χ3v) is 3.58. The molecule has 0 aliphatic carbocycles. The second-order valence-corrected chi connectivity index (χ2v) is 4.75. The summed E-state index contributed by atoms with van der Waals surface area (Å²) in [5, 5.41) is 0. The van der Waals surface area contributed by atoms with Crippen molar-refractivity contribution >= 4 is 12.0 Å². The van der Waals surface area contributed by atoms with Crippen LogP contribution in [0.5, 0.6) is 0 Å². The molecule has 2 unspecified atom stereocenters. The van der Waals surface area contributed by atoms with E-state index in [0.717, 1.165) is 19.4 Å². The molecule has 1 aliphatic heterocycles. The molecule has 0 amide bonds. The number of methoxy groups -OCH3 is 1. The lowest BCUT2D eigenvalue weighted by Gasteiger charge is -2.38.